The fraction of sp³-hybridized carbons (Fsp3) is 0.737. The molecule has 1 saturated carbocycles. The molecule has 0 bridgehead atoms. The molecule has 0 radical (unpaired) electrons. The van der Waals surface area contributed by atoms with Crippen molar-refractivity contribution >= 4 is 27.3 Å². The van der Waals surface area contributed by atoms with Crippen LogP contribution in [0.2, 0.25) is 0 Å². The number of thiophene rings is 1. The molecule has 7 nitrogen and oxygen atoms in total. The van der Waals surface area contributed by atoms with Gasteiger partial charge < -0.3 is 15.4 Å². The minimum atomic E-state index is -3.42. The molecule has 1 aliphatic carbocycles. The Balaban J connectivity index is 1.76. The highest BCUT2D eigenvalue weighted by Gasteiger charge is 2.25. The second-order valence-corrected chi connectivity index (χ2v) is 9.79. The molecule has 1 aromatic rings. The van der Waals surface area contributed by atoms with Gasteiger partial charge in [-0.25, -0.2) is 13.1 Å². The molecule has 0 saturated heterocycles. The van der Waals surface area contributed by atoms with Gasteiger partial charge in [0.1, 0.15) is 4.21 Å². The van der Waals surface area contributed by atoms with E-state index in [1.165, 1.54) is 37.0 Å². The quantitative estimate of drug-likeness (QED) is 0.269. The topological polar surface area (TPSA) is 91.8 Å². The summed E-state index contributed by atoms with van der Waals surface area (Å²) >= 11 is 1.21. The minimum absolute atomic E-state index is 0.289. The Labute approximate surface area is 173 Å². The van der Waals surface area contributed by atoms with Gasteiger partial charge in [-0.1, -0.05) is 18.9 Å². The van der Waals surface area contributed by atoms with E-state index in [-0.39, 0.29) is 6.10 Å². The lowest BCUT2D eigenvalue weighted by molar-refractivity contribution is 0.0177. The van der Waals surface area contributed by atoms with Crippen molar-refractivity contribution in [3.05, 3.63) is 17.5 Å². The number of guanidine groups is 1. The molecular weight excluding hydrogens is 396 g/mol. The lowest BCUT2D eigenvalue weighted by Gasteiger charge is -2.22. The van der Waals surface area contributed by atoms with E-state index in [4.69, 9.17) is 4.74 Å². The van der Waals surface area contributed by atoms with Crippen LogP contribution >= 0.6 is 11.3 Å². The Hall–Kier alpha value is -1.16. The molecule has 2 rings (SSSR count). The van der Waals surface area contributed by atoms with E-state index in [0.717, 1.165) is 19.6 Å². The van der Waals surface area contributed by atoms with Gasteiger partial charge in [0, 0.05) is 32.8 Å². The summed E-state index contributed by atoms with van der Waals surface area (Å²) in [5.41, 5.74) is 0. The third kappa shape index (κ3) is 7.69. The van der Waals surface area contributed by atoms with Gasteiger partial charge >= 0.3 is 0 Å². The summed E-state index contributed by atoms with van der Waals surface area (Å²) < 4.78 is 33.1. The number of rotatable bonds is 12. The molecular formula is C19H34N4O3S2. The predicted octanol–water partition coefficient (Wildman–Crippen LogP) is 2.57. The van der Waals surface area contributed by atoms with Crippen LogP contribution in [-0.2, 0) is 14.8 Å². The summed E-state index contributed by atoms with van der Waals surface area (Å²) in [5.74, 6) is 1.37. The zero-order valence-electron chi connectivity index (χ0n) is 16.9. The molecule has 0 spiro atoms. The predicted molar refractivity (Wildman–Crippen MR) is 115 cm³/mol. The lowest BCUT2D eigenvalue weighted by atomic mass is 9.98. The van der Waals surface area contributed by atoms with Crippen LogP contribution in [0.1, 0.15) is 46.0 Å². The Kier molecular flexibility index (Phi) is 10.3. The third-order valence-corrected chi connectivity index (χ3v) is 7.66. The molecule has 1 fully saturated rings. The first kappa shape index (κ1) is 23.1. The summed E-state index contributed by atoms with van der Waals surface area (Å²) in [6.45, 7) is 7.02. The lowest BCUT2D eigenvalue weighted by Crippen LogP contribution is -2.41. The number of hydrogen-bond acceptors (Lipinski definition) is 5. The van der Waals surface area contributed by atoms with Crippen molar-refractivity contribution in [2.24, 2.45) is 10.9 Å². The Morgan fingerprint density at radius 3 is 2.71 bits per heavy atom. The molecule has 9 heteroatoms. The van der Waals surface area contributed by atoms with Crippen molar-refractivity contribution < 1.29 is 13.2 Å². The van der Waals surface area contributed by atoms with Crippen LogP contribution in [0, 0.1) is 5.92 Å². The highest BCUT2D eigenvalue weighted by atomic mass is 32.2. The number of hydrogen-bond donors (Lipinski definition) is 3. The summed E-state index contributed by atoms with van der Waals surface area (Å²) in [7, 11) is -3.42. The normalized spacial score (nSPS) is 17.0. The van der Waals surface area contributed by atoms with E-state index < -0.39 is 10.0 Å². The zero-order chi connectivity index (χ0) is 20.2. The molecule has 1 unspecified atom stereocenters. The summed E-state index contributed by atoms with van der Waals surface area (Å²) in [6.07, 6.45) is 6.34. The summed E-state index contributed by atoms with van der Waals surface area (Å²) in [5, 5.41) is 8.15. The molecule has 1 heterocycles. The van der Waals surface area contributed by atoms with Crippen molar-refractivity contribution in [1.82, 2.24) is 15.4 Å². The largest absolute Gasteiger partial charge is 0.378 e. The SMILES string of the molecule is CCNC(=NCCC(OCC)C1CCCC1)NCCNS(=O)(=O)c1cccs1. The molecule has 3 N–H and O–H groups in total. The molecule has 1 aromatic heterocycles. The van der Waals surface area contributed by atoms with Crippen LogP contribution in [0.5, 0.6) is 0 Å². The highest BCUT2D eigenvalue weighted by molar-refractivity contribution is 7.91. The molecule has 28 heavy (non-hydrogen) atoms. The van der Waals surface area contributed by atoms with E-state index in [2.05, 4.69) is 20.3 Å². The maximum Gasteiger partial charge on any atom is 0.250 e. The van der Waals surface area contributed by atoms with Gasteiger partial charge in [-0.2, -0.15) is 0 Å². The second kappa shape index (κ2) is 12.4. The molecule has 160 valence electrons. The van der Waals surface area contributed by atoms with Crippen LogP contribution in [0.4, 0.5) is 0 Å². The van der Waals surface area contributed by atoms with Crippen LogP contribution < -0.4 is 15.4 Å². The van der Waals surface area contributed by atoms with Gasteiger partial charge in [0.15, 0.2) is 5.96 Å². The van der Waals surface area contributed by atoms with Crippen LogP contribution in [0.3, 0.4) is 0 Å². The van der Waals surface area contributed by atoms with Gasteiger partial charge in [-0.05, 0) is 50.5 Å². The first-order valence-electron chi connectivity index (χ1n) is 10.2. The number of nitrogens with zero attached hydrogens (tertiary/aromatic N) is 1. The average Bonchev–Trinajstić information content (AvgIpc) is 3.38. The average molecular weight is 431 g/mol. The van der Waals surface area contributed by atoms with Gasteiger partial charge in [-0.15, -0.1) is 11.3 Å². The fourth-order valence-electron chi connectivity index (χ4n) is 3.50. The number of ether oxygens (including phenoxy) is 1. The molecule has 0 aromatic carbocycles. The monoisotopic (exact) mass is 430 g/mol. The van der Waals surface area contributed by atoms with Gasteiger partial charge in [0.2, 0.25) is 10.0 Å². The minimum Gasteiger partial charge on any atom is -0.378 e. The third-order valence-electron chi connectivity index (χ3n) is 4.80. The molecule has 0 aliphatic heterocycles. The number of aliphatic imine (C=N–C) groups is 1. The van der Waals surface area contributed by atoms with E-state index >= 15 is 0 Å². The van der Waals surface area contributed by atoms with Crippen LogP contribution in [0.25, 0.3) is 0 Å². The van der Waals surface area contributed by atoms with Crippen molar-refractivity contribution in [2.75, 3.05) is 32.8 Å². The van der Waals surface area contributed by atoms with E-state index in [9.17, 15) is 8.42 Å². The summed E-state index contributed by atoms with van der Waals surface area (Å²) in [4.78, 5) is 4.63. The van der Waals surface area contributed by atoms with Gasteiger partial charge in [-0.3, -0.25) is 4.99 Å². The Morgan fingerprint density at radius 1 is 1.29 bits per heavy atom. The molecule has 0 amide bonds. The van der Waals surface area contributed by atoms with E-state index in [1.54, 1.807) is 17.5 Å². The van der Waals surface area contributed by atoms with Gasteiger partial charge in [0.05, 0.1) is 6.10 Å². The first-order valence-corrected chi connectivity index (χ1v) is 12.6. The van der Waals surface area contributed by atoms with Crippen molar-refractivity contribution in [3.63, 3.8) is 0 Å². The van der Waals surface area contributed by atoms with Gasteiger partial charge in [0.25, 0.3) is 0 Å². The second-order valence-electron chi connectivity index (χ2n) is 6.84. The Bertz CT molecular complexity index is 671. The maximum atomic E-state index is 12.1. The summed E-state index contributed by atoms with van der Waals surface area (Å²) in [6, 6.07) is 3.33. The van der Waals surface area contributed by atoms with Crippen molar-refractivity contribution in [2.45, 2.75) is 56.3 Å². The maximum absolute atomic E-state index is 12.1. The van der Waals surface area contributed by atoms with E-state index in [1.807, 2.05) is 13.8 Å². The van der Waals surface area contributed by atoms with Crippen LogP contribution in [0.15, 0.2) is 26.7 Å². The van der Waals surface area contributed by atoms with E-state index in [0.29, 0.717) is 35.7 Å². The fourth-order valence-corrected chi connectivity index (χ4v) is 5.57. The number of sulfonamides is 1. The smallest absolute Gasteiger partial charge is 0.250 e. The van der Waals surface area contributed by atoms with Crippen molar-refractivity contribution in [3.8, 4) is 0 Å². The Morgan fingerprint density at radius 2 is 2.07 bits per heavy atom. The highest BCUT2D eigenvalue weighted by Crippen LogP contribution is 2.30. The first-order chi connectivity index (χ1) is 13.6. The number of nitrogens with one attached hydrogen (secondary N) is 3. The molecule has 1 atom stereocenters. The van der Waals surface area contributed by atoms with Crippen molar-refractivity contribution in [1.29, 1.82) is 0 Å². The zero-order valence-corrected chi connectivity index (χ0v) is 18.6. The van der Waals surface area contributed by atoms with Crippen LogP contribution in [-0.4, -0.2) is 53.3 Å². The standard InChI is InChI=1S/C19H34N4O3S2/c1-3-20-19(21-12-11-17(26-4-2)16-8-5-6-9-16)22-13-14-23-28(24,25)18-10-7-15-27-18/h7,10,15-17,23H,3-6,8-9,11-14H2,1-2H3,(H2,20,21,22). The molecule has 1 aliphatic rings.